The van der Waals surface area contributed by atoms with Gasteiger partial charge in [0.05, 0.1) is 8.95 Å². The number of hydrogen-bond donors (Lipinski definition) is 0. The van der Waals surface area contributed by atoms with Crippen LogP contribution in [0.2, 0.25) is 0 Å². The maximum atomic E-state index is 12.2. The predicted molar refractivity (Wildman–Crippen MR) is 77.6 cm³/mol. The van der Waals surface area contributed by atoms with Gasteiger partial charge in [0.25, 0.3) is 0 Å². The Balaban J connectivity index is 2.20. The number of aryl methyl sites for hydroxylation is 1. The van der Waals surface area contributed by atoms with E-state index < -0.39 is 6.36 Å². The first-order valence-corrected chi connectivity index (χ1v) is 7.18. The number of aromatic nitrogens is 1. The van der Waals surface area contributed by atoms with Crippen LogP contribution < -0.4 is 9.47 Å². The van der Waals surface area contributed by atoms with Gasteiger partial charge in [-0.3, -0.25) is 0 Å². The van der Waals surface area contributed by atoms with Crippen molar-refractivity contribution in [2.75, 3.05) is 0 Å². The van der Waals surface area contributed by atoms with E-state index in [-0.39, 0.29) is 10.2 Å². The third-order valence-corrected chi connectivity index (χ3v) is 3.48. The smallest absolute Gasteiger partial charge is 0.438 e. The van der Waals surface area contributed by atoms with E-state index in [0.29, 0.717) is 16.1 Å². The molecule has 0 aliphatic heterocycles. The van der Waals surface area contributed by atoms with Crippen LogP contribution in [0.3, 0.4) is 0 Å². The quantitative estimate of drug-likeness (QED) is 0.639. The zero-order valence-electron chi connectivity index (χ0n) is 10.5. The van der Waals surface area contributed by atoms with Crippen molar-refractivity contribution >= 4 is 31.9 Å². The first kappa shape index (κ1) is 16.1. The molecule has 1 heterocycles. The van der Waals surface area contributed by atoms with Crippen LogP contribution in [-0.2, 0) is 0 Å². The molecule has 2 aromatic rings. The number of benzene rings is 1. The Hall–Kier alpha value is -1.28. The number of halogens is 5. The lowest BCUT2D eigenvalue weighted by Crippen LogP contribution is -2.17. The van der Waals surface area contributed by atoms with Crippen molar-refractivity contribution in [2.24, 2.45) is 0 Å². The molecule has 0 unspecified atom stereocenters. The Bertz CT molecular complexity index is 662. The third-order valence-electron chi connectivity index (χ3n) is 2.29. The van der Waals surface area contributed by atoms with E-state index in [1.807, 2.05) is 13.0 Å². The van der Waals surface area contributed by atoms with E-state index >= 15 is 0 Å². The normalized spacial score (nSPS) is 11.3. The summed E-state index contributed by atoms with van der Waals surface area (Å²) in [5, 5.41) is 0. The summed E-state index contributed by atoms with van der Waals surface area (Å²) in [7, 11) is 0. The van der Waals surface area contributed by atoms with E-state index in [2.05, 4.69) is 41.6 Å². The summed E-state index contributed by atoms with van der Waals surface area (Å²) in [4.78, 5) is 4.09. The fraction of sp³-hybridized carbons (Fsp3) is 0.154. The second-order valence-corrected chi connectivity index (χ2v) is 5.75. The van der Waals surface area contributed by atoms with Crippen molar-refractivity contribution in [3.8, 4) is 17.4 Å². The summed E-state index contributed by atoms with van der Waals surface area (Å²) in [5.41, 5.74) is 0.948. The molecule has 0 radical (unpaired) electrons. The minimum absolute atomic E-state index is 0.126. The minimum Gasteiger partial charge on any atom is -0.438 e. The van der Waals surface area contributed by atoms with E-state index in [1.54, 1.807) is 6.20 Å². The van der Waals surface area contributed by atoms with E-state index in [9.17, 15) is 13.2 Å². The van der Waals surface area contributed by atoms with Gasteiger partial charge < -0.3 is 9.47 Å². The van der Waals surface area contributed by atoms with Gasteiger partial charge in [0.15, 0.2) is 0 Å². The maximum Gasteiger partial charge on any atom is 0.573 e. The molecule has 8 heteroatoms. The molecule has 0 saturated carbocycles. The summed E-state index contributed by atoms with van der Waals surface area (Å²) >= 11 is 6.31. The minimum atomic E-state index is -4.74. The first-order valence-electron chi connectivity index (χ1n) is 5.60. The summed E-state index contributed by atoms with van der Waals surface area (Å²) in [6.45, 7) is 1.88. The molecule has 0 atom stereocenters. The van der Waals surface area contributed by atoms with Crippen molar-refractivity contribution in [3.05, 3.63) is 45.0 Å². The van der Waals surface area contributed by atoms with Gasteiger partial charge >= 0.3 is 6.36 Å². The lowest BCUT2D eigenvalue weighted by molar-refractivity contribution is -0.274. The molecule has 0 N–H and O–H groups in total. The molecule has 0 aliphatic carbocycles. The van der Waals surface area contributed by atoms with Gasteiger partial charge in [-0.2, -0.15) is 0 Å². The average molecular weight is 427 g/mol. The number of alkyl halides is 3. The number of pyridine rings is 1. The molecule has 0 spiro atoms. The van der Waals surface area contributed by atoms with Gasteiger partial charge in [-0.05, 0) is 68.6 Å². The van der Waals surface area contributed by atoms with Gasteiger partial charge in [0, 0.05) is 6.20 Å². The lowest BCUT2D eigenvalue weighted by atomic mass is 10.3. The van der Waals surface area contributed by atoms with Crippen molar-refractivity contribution in [1.29, 1.82) is 0 Å². The highest BCUT2D eigenvalue weighted by molar-refractivity contribution is 9.10. The maximum absolute atomic E-state index is 12.2. The zero-order valence-corrected chi connectivity index (χ0v) is 13.7. The number of rotatable bonds is 3. The Morgan fingerprint density at radius 1 is 1.10 bits per heavy atom. The number of hydrogen-bond acceptors (Lipinski definition) is 3. The zero-order chi connectivity index (χ0) is 15.6. The monoisotopic (exact) mass is 425 g/mol. The van der Waals surface area contributed by atoms with Crippen molar-refractivity contribution in [2.45, 2.75) is 13.3 Å². The van der Waals surface area contributed by atoms with Crippen LogP contribution in [-0.4, -0.2) is 11.3 Å². The van der Waals surface area contributed by atoms with E-state index in [0.717, 1.165) is 11.6 Å². The van der Waals surface area contributed by atoms with Gasteiger partial charge in [0.2, 0.25) is 5.88 Å². The molecule has 2 rings (SSSR count). The molecule has 0 saturated heterocycles. The highest BCUT2D eigenvalue weighted by Crippen LogP contribution is 2.35. The van der Waals surface area contributed by atoms with Crippen LogP contribution in [0, 0.1) is 6.92 Å². The molecule has 112 valence electrons. The van der Waals surface area contributed by atoms with Gasteiger partial charge in [-0.1, -0.05) is 0 Å². The van der Waals surface area contributed by atoms with Crippen LogP contribution in [0.1, 0.15) is 5.56 Å². The Morgan fingerprint density at radius 2 is 1.81 bits per heavy atom. The predicted octanol–water partition coefficient (Wildman–Crippen LogP) is 5.61. The van der Waals surface area contributed by atoms with Gasteiger partial charge in [-0.15, -0.1) is 13.2 Å². The summed E-state index contributed by atoms with van der Waals surface area (Å²) in [5.74, 6) is 0.302. The second-order valence-electron chi connectivity index (χ2n) is 4.04. The highest BCUT2D eigenvalue weighted by atomic mass is 79.9. The van der Waals surface area contributed by atoms with Crippen molar-refractivity contribution < 1.29 is 22.6 Å². The van der Waals surface area contributed by atoms with E-state index in [4.69, 9.17) is 4.74 Å². The average Bonchev–Trinajstić information content (AvgIpc) is 2.35. The first-order chi connectivity index (χ1) is 9.74. The fourth-order valence-electron chi connectivity index (χ4n) is 1.46. The SMILES string of the molecule is Cc1cnc(Oc2ccc(OC(F)(F)F)c(Br)c2)c(Br)c1. The molecule has 0 bridgehead atoms. The Labute approximate surface area is 135 Å². The Morgan fingerprint density at radius 3 is 2.38 bits per heavy atom. The van der Waals surface area contributed by atoms with Crippen LogP contribution in [0.15, 0.2) is 39.4 Å². The molecule has 0 amide bonds. The highest BCUT2D eigenvalue weighted by Gasteiger charge is 2.32. The molecule has 1 aromatic heterocycles. The number of nitrogens with zero attached hydrogens (tertiary/aromatic N) is 1. The Kier molecular flexibility index (Phi) is 4.77. The van der Waals surface area contributed by atoms with Crippen molar-refractivity contribution in [1.82, 2.24) is 4.98 Å². The van der Waals surface area contributed by atoms with Crippen molar-refractivity contribution in [3.63, 3.8) is 0 Å². The molecule has 3 nitrogen and oxygen atoms in total. The third kappa shape index (κ3) is 4.60. The molecule has 0 aliphatic rings. The van der Waals surface area contributed by atoms with Crippen LogP contribution in [0.5, 0.6) is 17.4 Å². The van der Waals surface area contributed by atoms with Crippen LogP contribution in [0.4, 0.5) is 13.2 Å². The number of ether oxygens (including phenoxy) is 2. The standard InChI is InChI=1S/C13H8Br2F3NO2/c1-7-4-10(15)12(19-6-7)20-8-2-3-11(9(14)5-8)21-13(16,17)18/h2-6H,1H3. The van der Waals surface area contributed by atoms with E-state index in [1.165, 1.54) is 12.1 Å². The summed E-state index contributed by atoms with van der Waals surface area (Å²) < 4.78 is 46.6. The molecular formula is C13H8Br2F3NO2. The fourth-order valence-corrected chi connectivity index (χ4v) is 2.44. The summed E-state index contributed by atoms with van der Waals surface area (Å²) in [6.07, 6.45) is -3.12. The topological polar surface area (TPSA) is 31.4 Å². The molecule has 0 fully saturated rings. The molecular weight excluding hydrogens is 419 g/mol. The van der Waals surface area contributed by atoms with Crippen LogP contribution >= 0.6 is 31.9 Å². The largest absolute Gasteiger partial charge is 0.573 e. The second kappa shape index (κ2) is 6.23. The van der Waals surface area contributed by atoms with Gasteiger partial charge in [-0.25, -0.2) is 4.98 Å². The molecule has 21 heavy (non-hydrogen) atoms. The van der Waals surface area contributed by atoms with Crippen LogP contribution in [0.25, 0.3) is 0 Å². The lowest BCUT2D eigenvalue weighted by Gasteiger charge is -2.12. The summed E-state index contributed by atoms with van der Waals surface area (Å²) in [6, 6.07) is 5.71. The van der Waals surface area contributed by atoms with Gasteiger partial charge in [0.1, 0.15) is 11.5 Å². The molecule has 1 aromatic carbocycles.